The number of aromatic nitrogens is 3. The summed E-state index contributed by atoms with van der Waals surface area (Å²) in [5.74, 6) is 1.03. The predicted octanol–water partition coefficient (Wildman–Crippen LogP) is 2.62. The van der Waals surface area contributed by atoms with E-state index in [1.807, 2.05) is 6.07 Å². The fourth-order valence-corrected chi connectivity index (χ4v) is 1.85. The van der Waals surface area contributed by atoms with Crippen LogP contribution in [0.15, 0.2) is 24.3 Å². The van der Waals surface area contributed by atoms with E-state index in [2.05, 4.69) is 57.6 Å². The minimum atomic E-state index is 0.301. The zero-order valence-electron chi connectivity index (χ0n) is 12.7. The van der Waals surface area contributed by atoms with Crippen molar-refractivity contribution in [3.8, 4) is 6.01 Å². The van der Waals surface area contributed by atoms with Crippen LogP contribution < -0.4 is 15.4 Å². The Kier molecular flexibility index (Phi) is 5.31. The smallest absolute Gasteiger partial charge is 0.322 e. The molecular weight excluding hydrogens is 266 g/mol. The topological polar surface area (TPSA) is 72.0 Å². The van der Waals surface area contributed by atoms with Crippen molar-refractivity contribution in [3.63, 3.8) is 0 Å². The lowest BCUT2D eigenvalue weighted by molar-refractivity contribution is 0.379. The molecule has 2 rings (SSSR count). The highest BCUT2D eigenvalue weighted by molar-refractivity contribution is 5.37. The first kappa shape index (κ1) is 15.0. The Morgan fingerprint density at radius 1 is 1.10 bits per heavy atom. The molecule has 0 atom stereocenters. The van der Waals surface area contributed by atoms with Crippen molar-refractivity contribution in [2.24, 2.45) is 0 Å². The summed E-state index contributed by atoms with van der Waals surface area (Å²) < 4.78 is 5.10. The summed E-state index contributed by atoms with van der Waals surface area (Å²) in [7, 11) is 1.54. The summed E-state index contributed by atoms with van der Waals surface area (Å²) in [6.45, 7) is 5.62. The third kappa shape index (κ3) is 4.59. The highest BCUT2D eigenvalue weighted by Gasteiger charge is 2.06. The molecule has 0 aliphatic carbocycles. The van der Waals surface area contributed by atoms with Crippen LogP contribution in [0.5, 0.6) is 6.01 Å². The number of benzene rings is 1. The molecule has 0 radical (unpaired) electrons. The monoisotopic (exact) mass is 287 g/mol. The van der Waals surface area contributed by atoms with Crippen LogP contribution in [0.1, 0.15) is 24.5 Å². The molecule has 6 nitrogen and oxygen atoms in total. The summed E-state index contributed by atoms with van der Waals surface area (Å²) in [5.41, 5.74) is 2.41. The number of rotatable bonds is 7. The summed E-state index contributed by atoms with van der Waals surface area (Å²) in [6.07, 6.45) is 1.00. The fraction of sp³-hybridized carbons (Fsp3) is 0.400. The number of hydrogen-bond donors (Lipinski definition) is 2. The molecule has 21 heavy (non-hydrogen) atoms. The third-order valence-corrected chi connectivity index (χ3v) is 2.86. The van der Waals surface area contributed by atoms with E-state index in [1.165, 1.54) is 11.1 Å². The lowest BCUT2D eigenvalue weighted by Crippen LogP contribution is -2.10. The first-order valence-electron chi connectivity index (χ1n) is 7.04. The van der Waals surface area contributed by atoms with Gasteiger partial charge in [0.2, 0.25) is 11.9 Å². The lowest BCUT2D eigenvalue weighted by atomic mass is 10.1. The molecule has 6 heteroatoms. The van der Waals surface area contributed by atoms with Crippen molar-refractivity contribution in [1.29, 1.82) is 0 Å². The molecular formula is C15H21N5O. The summed E-state index contributed by atoms with van der Waals surface area (Å²) in [5, 5.41) is 6.33. The van der Waals surface area contributed by atoms with Crippen LogP contribution in [0.25, 0.3) is 0 Å². The normalized spacial score (nSPS) is 10.2. The molecule has 2 N–H and O–H groups in total. The van der Waals surface area contributed by atoms with Crippen molar-refractivity contribution >= 4 is 11.9 Å². The summed E-state index contributed by atoms with van der Waals surface area (Å²) in [6, 6.07) is 8.60. The average molecular weight is 287 g/mol. The summed E-state index contributed by atoms with van der Waals surface area (Å²) >= 11 is 0. The first-order chi connectivity index (χ1) is 10.2. The van der Waals surface area contributed by atoms with Gasteiger partial charge in [0.1, 0.15) is 0 Å². The Balaban J connectivity index is 2.07. The largest absolute Gasteiger partial charge is 0.467 e. The SMILES string of the molecule is CCCNc1nc(NCc2cccc(C)c2)nc(OC)n1. The Hall–Kier alpha value is -2.37. The van der Waals surface area contributed by atoms with Gasteiger partial charge >= 0.3 is 6.01 Å². The maximum Gasteiger partial charge on any atom is 0.322 e. The first-order valence-corrected chi connectivity index (χ1v) is 7.04. The van der Waals surface area contributed by atoms with Crippen LogP contribution in [0.3, 0.4) is 0 Å². The quantitative estimate of drug-likeness (QED) is 0.815. The number of nitrogens with zero attached hydrogens (tertiary/aromatic N) is 3. The molecule has 2 aromatic rings. The molecule has 0 amide bonds. The average Bonchev–Trinajstić information content (AvgIpc) is 2.51. The minimum Gasteiger partial charge on any atom is -0.467 e. The molecule has 112 valence electrons. The van der Waals surface area contributed by atoms with Crippen LogP contribution in [0, 0.1) is 6.92 Å². The molecule has 0 unspecified atom stereocenters. The standard InChI is InChI=1S/C15H21N5O/c1-4-8-16-13-18-14(20-15(19-13)21-3)17-10-12-7-5-6-11(2)9-12/h5-7,9H,4,8,10H2,1-3H3,(H2,16,17,18,19,20). The molecule has 0 aliphatic heterocycles. The van der Waals surface area contributed by atoms with E-state index in [1.54, 1.807) is 7.11 Å². The minimum absolute atomic E-state index is 0.301. The molecule has 0 fully saturated rings. The summed E-state index contributed by atoms with van der Waals surface area (Å²) in [4.78, 5) is 12.7. The molecule has 1 aromatic carbocycles. The Labute approximate surface area is 125 Å². The van der Waals surface area contributed by atoms with Gasteiger partial charge in [0, 0.05) is 13.1 Å². The maximum atomic E-state index is 5.10. The van der Waals surface area contributed by atoms with Gasteiger partial charge in [0.05, 0.1) is 7.11 Å². The van der Waals surface area contributed by atoms with Crippen molar-refractivity contribution in [3.05, 3.63) is 35.4 Å². The fourth-order valence-electron chi connectivity index (χ4n) is 1.85. The van der Waals surface area contributed by atoms with E-state index in [-0.39, 0.29) is 0 Å². The molecule has 0 saturated carbocycles. The van der Waals surface area contributed by atoms with Gasteiger partial charge in [-0.2, -0.15) is 15.0 Å². The number of hydrogen-bond acceptors (Lipinski definition) is 6. The van der Waals surface area contributed by atoms with E-state index in [0.717, 1.165) is 13.0 Å². The molecule has 1 heterocycles. The second kappa shape index (κ2) is 7.42. The Morgan fingerprint density at radius 3 is 2.52 bits per heavy atom. The van der Waals surface area contributed by atoms with E-state index in [4.69, 9.17) is 4.74 Å². The highest BCUT2D eigenvalue weighted by Crippen LogP contribution is 2.12. The van der Waals surface area contributed by atoms with Gasteiger partial charge in [-0.25, -0.2) is 0 Å². The number of methoxy groups -OCH3 is 1. The Morgan fingerprint density at radius 2 is 1.86 bits per heavy atom. The van der Waals surface area contributed by atoms with Crippen LogP contribution >= 0.6 is 0 Å². The van der Waals surface area contributed by atoms with Crippen molar-refractivity contribution in [2.75, 3.05) is 24.3 Å². The van der Waals surface area contributed by atoms with Gasteiger partial charge in [-0.05, 0) is 18.9 Å². The second-order valence-corrected chi connectivity index (χ2v) is 4.74. The van der Waals surface area contributed by atoms with E-state index >= 15 is 0 Å². The number of nitrogens with one attached hydrogen (secondary N) is 2. The van der Waals surface area contributed by atoms with Crippen LogP contribution in [-0.4, -0.2) is 28.6 Å². The zero-order chi connectivity index (χ0) is 15.1. The van der Waals surface area contributed by atoms with Gasteiger partial charge in [-0.15, -0.1) is 0 Å². The molecule has 0 aliphatic rings. The van der Waals surface area contributed by atoms with Gasteiger partial charge < -0.3 is 15.4 Å². The third-order valence-electron chi connectivity index (χ3n) is 2.86. The zero-order valence-corrected chi connectivity index (χ0v) is 12.7. The molecule has 0 saturated heterocycles. The highest BCUT2D eigenvalue weighted by atomic mass is 16.5. The molecule has 0 bridgehead atoms. The van der Waals surface area contributed by atoms with E-state index in [0.29, 0.717) is 24.5 Å². The van der Waals surface area contributed by atoms with Gasteiger partial charge in [0.25, 0.3) is 0 Å². The second-order valence-electron chi connectivity index (χ2n) is 4.74. The van der Waals surface area contributed by atoms with Gasteiger partial charge in [-0.3, -0.25) is 0 Å². The number of ether oxygens (including phenoxy) is 1. The number of aryl methyl sites for hydroxylation is 1. The van der Waals surface area contributed by atoms with Crippen molar-refractivity contribution < 1.29 is 4.74 Å². The number of anilines is 2. The van der Waals surface area contributed by atoms with E-state index < -0.39 is 0 Å². The van der Waals surface area contributed by atoms with Gasteiger partial charge in [0.15, 0.2) is 0 Å². The predicted molar refractivity (Wildman–Crippen MR) is 83.7 cm³/mol. The van der Waals surface area contributed by atoms with Gasteiger partial charge in [-0.1, -0.05) is 36.8 Å². The van der Waals surface area contributed by atoms with Crippen LogP contribution in [0.4, 0.5) is 11.9 Å². The Bertz CT molecular complexity index is 588. The van der Waals surface area contributed by atoms with Crippen LogP contribution in [-0.2, 0) is 6.54 Å². The maximum absolute atomic E-state index is 5.10. The van der Waals surface area contributed by atoms with Crippen molar-refractivity contribution in [1.82, 2.24) is 15.0 Å². The molecule has 0 spiro atoms. The van der Waals surface area contributed by atoms with Crippen molar-refractivity contribution in [2.45, 2.75) is 26.8 Å². The molecule has 1 aromatic heterocycles. The van der Waals surface area contributed by atoms with Crippen LogP contribution in [0.2, 0.25) is 0 Å². The lowest BCUT2D eigenvalue weighted by Gasteiger charge is -2.09. The van der Waals surface area contributed by atoms with E-state index in [9.17, 15) is 0 Å².